The van der Waals surface area contributed by atoms with Crippen LogP contribution in [0.4, 0.5) is 0 Å². The lowest BCUT2D eigenvalue weighted by Crippen LogP contribution is -2.30. The van der Waals surface area contributed by atoms with Crippen LogP contribution < -0.4 is 11.3 Å². The Morgan fingerprint density at radius 2 is 2.11 bits per heavy atom. The number of nitrogens with one attached hydrogen (secondary N) is 1. The molecule has 0 bridgehead atoms. The summed E-state index contributed by atoms with van der Waals surface area (Å²) < 4.78 is 0. The summed E-state index contributed by atoms with van der Waals surface area (Å²) in [5.74, 6) is 5.65. The number of benzene rings is 1. The predicted octanol–water partition coefficient (Wildman–Crippen LogP) is 3.44. The Morgan fingerprint density at radius 1 is 1.32 bits per heavy atom. The summed E-state index contributed by atoms with van der Waals surface area (Å²) >= 11 is 12.5. The third-order valence-electron chi connectivity index (χ3n) is 3.08. The Kier molecular flexibility index (Phi) is 4.77. The first kappa shape index (κ1) is 14.3. The van der Waals surface area contributed by atoms with Crippen molar-refractivity contribution in [3.63, 3.8) is 0 Å². The highest BCUT2D eigenvalue weighted by molar-refractivity contribution is 6.32. The van der Waals surface area contributed by atoms with Gasteiger partial charge in [-0.2, -0.15) is 0 Å². The van der Waals surface area contributed by atoms with Crippen LogP contribution in [-0.2, 0) is 6.42 Å². The standard InChI is InChI=1S/C14H15Cl2N3/c1-9-3-2-4-11(14(9)16)13(19-17)7-10-5-6-18-8-12(10)15/h2-6,8,13,19H,7,17H2,1H3. The fourth-order valence-corrected chi connectivity index (χ4v) is 2.44. The molecular formula is C14H15Cl2N3. The Morgan fingerprint density at radius 3 is 2.79 bits per heavy atom. The Hall–Kier alpha value is -1.13. The van der Waals surface area contributed by atoms with Gasteiger partial charge in [-0.25, -0.2) is 0 Å². The van der Waals surface area contributed by atoms with Crippen LogP contribution >= 0.6 is 23.2 Å². The van der Waals surface area contributed by atoms with Gasteiger partial charge in [0.15, 0.2) is 0 Å². The number of hydrazine groups is 1. The molecule has 0 amide bonds. The molecule has 0 aliphatic carbocycles. The number of aromatic nitrogens is 1. The molecule has 19 heavy (non-hydrogen) atoms. The predicted molar refractivity (Wildman–Crippen MR) is 79.2 cm³/mol. The van der Waals surface area contributed by atoms with Gasteiger partial charge in [-0.15, -0.1) is 0 Å². The molecule has 0 saturated carbocycles. The van der Waals surface area contributed by atoms with Crippen LogP contribution in [0, 0.1) is 6.92 Å². The second-order valence-corrected chi connectivity index (χ2v) is 5.15. The first-order valence-electron chi connectivity index (χ1n) is 5.93. The fraction of sp³-hybridized carbons (Fsp3) is 0.214. The van der Waals surface area contributed by atoms with Crippen LogP contribution in [0.2, 0.25) is 10.0 Å². The molecule has 5 heteroatoms. The van der Waals surface area contributed by atoms with Gasteiger partial charge in [-0.05, 0) is 36.1 Å². The molecule has 1 unspecified atom stereocenters. The molecule has 1 aromatic carbocycles. The summed E-state index contributed by atoms with van der Waals surface area (Å²) in [6, 6.07) is 7.70. The number of hydrogen-bond acceptors (Lipinski definition) is 3. The van der Waals surface area contributed by atoms with E-state index >= 15 is 0 Å². The second-order valence-electron chi connectivity index (χ2n) is 4.37. The lowest BCUT2D eigenvalue weighted by molar-refractivity contribution is 0.551. The molecule has 1 heterocycles. The van der Waals surface area contributed by atoms with Gasteiger partial charge in [0.2, 0.25) is 0 Å². The summed E-state index contributed by atoms with van der Waals surface area (Å²) in [5, 5.41) is 1.36. The van der Waals surface area contributed by atoms with Gasteiger partial charge in [0.25, 0.3) is 0 Å². The van der Waals surface area contributed by atoms with E-state index in [2.05, 4.69) is 10.4 Å². The molecule has 1 aromatic heterocycles. The average molecular weight is 296 g/mol. The Balaban J connectivity index is 2.31. The SMILES string of the molecule is Cc1cccc(C(Cc2ccncc2Cl)NN)c1Cl. The van der Waals surface area contributed by atoms with Crippen molar-refractivity contribution < 1.29 is 0 Å². The minimum absolute atomic E-state index is 0.0905. The average Bonchev–Trinajstić information content (AvgIpc) is 2.41. The van der Waals surface area contributed by atoms with Crippen molar-refractivity contribution >= 4 is 23.2 Å². The first-order valence-corrected chi connectivity index (χ1v) is 6.68. The van der Waals surface area contributed by atoms with Crippen LogP contribution in [0.3, 0.4) is 0 Å². The van der Waals surface area contributed by atoms with Gasteiger partial charge in [0.1, 0.15) is 0 Å². The number of nitrogens with two attached hydrogens (primary N) is 1. The van der Waals surface area contributed by atoms with Gasteiger partial charge in [0, 0.05) is 17.4 Å². The summed E-state index contributed by atoms with van der Waals surface area (Å²) in [5.41, 5.74) is 5.78. The van der Waals surface area contributed by atoms with E-state index in [0.717, 1.165) is 21.7 Å². The normalized spacial score (nSPS) is 12.4. The van der Waals surface area contributed by atoms with E-state index in [4.69, 9.17) is 29.0 Å². The third-order valence-corrected chi connectivity index (χ3v) is 3.94. The molecule has 3 N–H and O–H groups in total. The van der Waals surface area contributed by atoms with Crippen molar-refractivity contribution in [2.24, 2.45) is 5.84 Å². The van der Waals surface area contributed by atoms with Gasteiger partial charge in [-0.3, -0.25) is 16.3 Å². The topological polar surface area (TPSA) is 50.9 Å². The molecule has 2 rings (SSSR count). The summed E-state index contributed by atoms with van der Waals surface area (Å²) in [7, 11) is 0. The van der Waals surface area contributed by atoms with E-state index in [0.29, 0.717) is 11.4 Å². The molecule has 2 aromatic rings. The maximum atomic E-state index is 6.33. The van der Waals surface area contributed by atoms with Crippen molar-refractivity contribution in [3.05, 3.63) is 63.4 Å². The molecule has 100 valence electrons. The minimum Gasteiger partial charge on any atom is -0.271 e. The summed E-state index contributed by atoms with van der Waals surface area (Å²) in [4.78, 5) is 3.97. The molecule has 3 nitrogen and oxygen atoms in total. The highest BCUT2D eigenvalue weighted by Gasteiger charge is 2.16. The molecule has 0 aliphatic rings. The van der Waals surface area contributed by atoms with E-state index in [1.165, 1.54) is 0 Å². The highest BCUT2D eigenvalue weighted by Crippen LogP contribution is 2.29. The number of nitrogens with zero attached hydrogens (tertiary/aromatic N) is 1. The molecule has 1 atom stereocenters. The molecular weight excluding hydrogens is 281 g/mol. The van der Waals surface area contributed by atoms with E-state index in [9.17, 15) is 0 Å². The lowest BCUT2D eigenvalue weighted by Gasteiger charge is -2.19. The number of pyridine rings is 1. The van der Waals surface area contributed by atoms with Gasteiger partial charge in [-0.1, -0.05) is 41.4 Å². The fourth-order valence-electron chi connectivity index (χ4n) is 1.99. The van der Waals surface area contributed by atoms with Crippen LogP contribution in [0.1, 0.15) is 22.7 Å². The number of aryl methyl sites for hydroxylation is 1. The Bertz CT molecular complexity index is 572. The van der Waals surface area contributed by atoms with E-state index in [1.54, 1.807) is 12.4 Å². The summed E-state index contributed by atoms with van der Waals surface area (Å²) in [6.07, 6.45) is 4.00. The largest absolute Gasteiger partial charge is 0.271 e. The van der Waals surface area contributed by atoms with E-state index in [1.807, 2.05) is 31.2 Å². The van der Waals surface area contributed by atoms with Crippen molar-refractivity contribution in [2.75, 3.05) is 0 Å². The summed E-state index contributed by atoms with van der Waals surface area (Å²) in [6.45, 7) is 1.97. The first-order chi connectivity index (χ1) is 9.13. The third kappa shape index (κ3) is 3.25. The van der Waals surface area contributed by atoms with Crippen LogP contribution in [0.5, 0.6) is 0 Å². The quantitative estimate of drug-likeness (QED) is 0.671. The van der Waals surface area contributed by atoms with Crippen molar-refractivity contribution in [3.8, 4) is 0 Å². The highest BCUT2D eigenvalue weighted by atomic mass is 35.5. The number of hydrogen-bond donors (Lipinski definition) is 2. The maximum Gasteiger partial charge on any atom is 0.0622 e. The molecule has 0 aliphatic heterocycles. The van der Waals surface area contributed by atoms with Crippen LogP contribution in [0.15, 0.2) is 36.7 Å². The van der Waals surface area contributed by atoms with Crippen molar-refractivity contribution in [1.29, 1.82) is 0 Å². The van der Waals surface area contributed by atoms with Gasteiger partial charge < -0.3 is 0 Å². The molecule has 0 spiro atoms. The second kappa shape index (κ2) is 6.35. The smallest absolute Gasteiger partial charge is 0.0622 e. The van der Waals surface area contributed by atoms with Crippen molar-refractivity contribution in [1.82, 2.24) is 10.4 Å². The monoisotopic (exact) mass is 295 g/mol. The van der Waals surface area contributed by atoms with Crippen LogP contribution in [-0.4, -0.2) is 4.98 Å². The van der Waals surface area contributed by atoms with E-state index in [-0.39, 0.29) is 6.04 Å². The minimum atomic E-state index is -0.0905. The van der Waals surface area contributed by atoms with E-state index < -0.39 is 0 Å². The zero-order valence-corrected chi connectivity index (χ0v) is 12.0. The lowest BCUT2D eigenvalue weighted by atomic mass is 9.98. The number of halogens is 2. The maximum absolute atomic E-state index is 6.33. The molecule has 0 fully saturated rings. The molecule has 0 saturated heterocycles. The zero-order valence-electron chi connectivity index (χ0n) is 10.5. The van der Waals surface area contributed by atoms with Crippen molar-refractivity contribution in [2.45, 2.75) is 19.4 Å². The van der Waals surface area contributed by atoms with Gasteiger partial charge in [0.05, 0.1) is 11.1 Å². The van der Waals surface area contributed by atoms with Gasteiger partial charge >= 0.3 is 0 Å². The zero-order chi connectivity index (χ0) is 13.8. The molecule has 0 radical (unpaired) electrons. The van der Waals surface area contributed by atoms with Crippen LogP contribution in [0.25, 0.3) is 0 Å². The number of rotatable bonds is 4. The Labute approximate surface area is 122 Å².